The summed E-state index contributed by atoms with van der Waals surface area (Å²) in [6, 6.07) is 4.67. The van der Waals surface area contributed by atoms with E-state index >= 15 is 0 Å². The number of rotatable bonds is 4. The minimum Gasteiger partial charge on any atom is -0.496 e. The third kappa shape index (κ3) is 2.23. The fraction of sp³-hybridized carbons (Fsp3) is 0.300. The van der Waals surface area contributed by atoms with Crippen LogP contribution in [0.2, 0.25) is 0 Å². The lowest BCUT2D eigenvalue weighted by Crippen LogP contribution is -2.00. The maximum Gasteiger partial charge on any atom is 0.335 e. The van der Waals surface area contributed by atoms with Crippen LogP contribution in [0.1, 0.15) is 15.9 Å². The van der Waals surface area contributed by atoms with Crippen LogP contribution in [0.4, 0.5) is 0 Å². The molecule has 0 aliphatic heterocycles. The Bertz CT molecular complexity index is 333. The Balaban J connectivity index is 3.07. The Kier molecular flexibility index (Phi) is 3.48. The summed E-state index contributed by atoms with van der Waals surface area (Å²) in [5, 5.41) is 8.76. The van der Waals surface area contributed by atoms with E-state index in [1.807, 2.05) is 0 Å². The molecular formula is C10H12O4. The highest BCUT2D eigenvalue weighted by atomic mass is 16.5. The van der Waals surface area contributed by atoms with Gasteiger partial charge in [-0.05, 0) is 18.2 Å². The summed E-state index contributed by atoms with van der Waals surface area (Å²) in [6.45, 7) is 0.338. The number of hydrogen-bond acceptors (Lipinski definition) is 3. The summed E-state index contributed by atoms with van der Waals surface area (Å²) in [5.74, 6) is -0.318. The van der Waals surface area contributed by atoms with E-state index in [-0.39, 0.29) is 5.56 Å². The Morgan fingerprint density at radius 3 is 2.64 bits per heavy atom. The first-order chi connectivity index (χ1) is 6.69. The van der Waals surface area contributed by atoms with Crippen LogP contribution in [0, 0.1) is 0 Å². The molecule has 0 fully saturated rings. The summed E-state index contributed by atoms with van der Waals surface area (Å²) >= 11 is 0. The van der Waals surface area contributed by atoms with Crippen molar-refractivity contribution in [3.63, 3.8) is 0 Å². The minimum atomic E-state index is -0.954. The van der Waals surface area contributed by atoms with Gasteiger partial charge in [0, 0.05) is 12.7 Å². The molecule has 1 rings (SSSR count). The van der Waals surface area contributed by atoms with Crippen LogP contribution >= 0.6 is 0 Å². The zero-order valence-corrected chi connectivity index (χ0v) is 8.11. The lowest BCUT2D eigenvalue weighted by Gasteiger charge is -2.08. The quantitative estimate of drug-likeness (QED) is 0.793. The Morgan fingerprint density at radius 2 is 2.14 bits per heavy atom. The summed E-state index contributed by atoms with van der Waals surface area (Å²) < 4.78 is 9.99. The number of hydrogen-bond donors (Lipinski definition) is 1. The Labute approximate surface area is 82.1 Å². The van der Waals surface area contributed by atoms with Crippen molar-refractivity contribution in [3.05, 3.63) is 29.3 Å². The van der Waals surface area contributed by atoms with Gasteiger partial charge in [-0.3, -0.25) is 0 Å². The fourth-order valence-corrected chi connectivity index (χ4v) is 1.18. The van der Waals surface area contributed by atoms with Crippen LogP contribution in [0.15, 0.2) is 18.2 Å². The summed E-state index contributed by atoms with van der Waals surface area (Å²) in [6.07, 6.45) is 0. The average molecular weight is 196 g/mol. The molecule has 4 heteroatoms. The molecule has 0 aliphatic carbocycles. The molecule has 0 unspecified atom stereocenters. The SMILES string of the molecule is COCc1cc(C(=O)O)ccc1OC. The molecule has 0 aliphatic rings. The van der Waals surface area contributed by atoms with Crippen LogP contribution in [0.5, 0.6) is 5.75 Å². The molecule has 0 aromatic heterocycles. The monoisotopic (exact) mass is 196 g/mol. The van der Waals surface area contributed by atoms with E-state index in [4.69, 9.17) is 14.6 Å². The van der Waals surface area contributed by atoms with E-state index in [9.17, 15) is 4.79 Å². The second-order valence-corrected chi connectivity index (χ2v) is 2.76. The molecule has 0 atom stereocenters. The van der Waals surface area contributed by atoms with Crippen molar-refractivity contribution in [2.45, 2.75) is 6.61 Å². The third-order valence-electron chi connectivity index (χ3n) is 1.83. The smallest absolute Gasteiger partial charge is 0.335 e. The summed E-state index contributed by atoms with van der Waals surface area (Å²) in [4.78, 5) is 10.7. The van der Waals surface area contributed by atoms with E-state index in [2.05, 4.69) is 0 Å². The van der Waals surface area contributed by atoms with Gasteiger partial charge in [0.2, 0.25) is 0 Å². The van der Waals surface area contributed by atoms with Crippen molar-refractivity contribution in [3.8, 4) is 5.75 Å². The highest BCUT2D eigenvalue weighted by molar-refractivity contribution is 5.88. The minimum absolute atomic E-state index is 0.234. The van der Waals surface area contributed by atoms with Gasteiger partial charge in [0.05, 0.1) is 19.3 Å². The van der Waals surface area contributed by atoms with Crippen molar-refractivity contribution in [2.75, 3.05) is 14.2 Å². The topological polar surface area (TPSA) is 55.8 Å². The zero-order chi connectivity index (χ0) is 10.6. The van der Waals surface area contributed by atoms with Gasteiger partial charge in [0.1, 0.15) is 5.75 Å². The molecule has 1 aromatic rings. The molecule has 0 amide bonds. The van der Waals surface area contributed by atoms with Gasteiger partial charge < -0.3 is 14.6 Å². The highest BCUT2D eigenvalue weighted by Crippen LogP contribution is 2.20. The maximum absolute atomic E-state index is 10.7. The number of methoxy groups -OCH3 is 2. The van der Waals surface area contributed by atoms with Gasteiger partial charge in [0.15, 0.2) is 0 Å². The standard InChI is InChI=1S/C10H12O4/c1-13-6-8-5-7(10(11)12)3-4-9(8)14-2/h3-5H,6H2,1-2H3,(H,11,12). The van der Waals surface area contributed by atoms with E-state index in [1.54, 1.807) is 19.2 Å². The molecule has 0 heterocycles. The van der Waals surface area contributed by atoms with E-state index in [1.165, 1.54) is 13.2 Å². The number of carboxylic acid groups (broad SMARTS) is 1. The number of benzene rings is 1. The number of carbonyl (C=O) groups is 1. The largest absolute Gasteiger partial charge is 0.496 e. The first-order valence-electron chi connectivity index (χ1n) is 4.08. The van der Waals surface area contributed by atoms with E-state index in [0.717, 1.165) is 5.56 Å². The first kappa shape index (κ1) is 10.5. The summed E-state index contributed by atoms with van der Waals surface area (Å²) in [7, 11) is 3.09. The first-order valence-corrected chi connectivity index (χ1v) is 4.08. The van der Waals surface area contributed by atoms with Gasteiger partial charge in [-0.25, -0.2) is 4.79 Å². The number of ether oxygens (including phenoxy) is 2. The van der Waals surface area contributed by atoms with E-state index < -0.39 is 5.97 Å². The molecule has 4 nitrogen and oxygen atoms in total. The lowest BCUT2D eigenvalue weighted by molar-refractivity contribution is 0.0696. The molecule has 14 heavy (non-hydrogen) atoms. The van der Waals surface area contributed by atoms with Gasteiger partial charge in [0.25, 0.3) is 0 Å². The van der Waals surface area contributed by atoms with Gasteiger partial charge >= 0.3 is 5.97 Å². The molecule has 0 spiro atoms. The highest BCUT2D eigenvalue weighted by Gasteiger charge is 2.08. The van der Waals surface area contributed by atoms with Crippen LogP contribution in [-0.4, -0.2) is 25.3 Å². The number of carboxylic acids is 1. The maximum atomic E-state index is 10.7. The predicted molar refractivity (Wildman–Crippen MR) is 50.7 cm³/mol. The van der Waals surface area contributed by atoms with Crippen molar-refractivity contribution in [1.82, 2.24) is 0 Å². The molecule has 0 radical (unpaired) electrons. The van der Waals surface area contributed by atoms with Gasteiger partial charge in [-0.15, -0.1) is 0 Å². The molecule has 0 saturated heterocycles. The van der Waals surface area contributed by atoms with Crippen molar-refractivity contribution in [2.24, 2.45) is 0 Å². The summed E-state index contributed by atoms with van der Waals surface area (Å²) in [5.41, 5.74) is 0.966. The third-order valence-corrected chi connectivity index (χ3v) is 1.83. The molecule has 0 saturated carbocycles. The number of aromatic carboxylic acids is 1. The van der Waals surface area contributed by atoms with Crippen LogP contribution < -0.4 is 4.74 Å². The second kappa shape index (κ2) is 4.62. The Hall–Kier alpha value is -1.55. The molecule has 1 N–H and O–H groups in total. The normalized spacial score (nSPS) is 9.86. The van der Waals surface area contributed by atoms with Gasteiger partial charge in [-0.1, -0.05) is 0 Å². The van der Waals surface area contributed by atoms with E-state index in [0.29, 0.717) is 12.4 Å². The van der Waals surface area contributed by atoms with Gasteiger partial charge in [-0.2, -0.15) is 0 Å². The fourth-order valence-electron chi connectivity index (χ4n) is 1.18. The van der Waals surface area contributed by atoms with Crippen LogP contribution in [0.25, 0.3) is 0 Å². The van der Waals surface area contributed by atoms with Crippen LogP contribution in [-0.2, 0) is 11.3 Å². The molecule has 1 aromatic carbocycles. The molecular weight excluding hydrogens is 184 g/mol. The van der Waals surface area contributed by atoms with Crippen molar-refractivity contribution < 1.29 is 19.4 Å². The van der Waals surface area contributed by atoms with Crippen LogP contribution in [0.3, 0.4) is 0 Å². The second-order valence-electron chi connectivity index (χ2n) is 2.76. The average Bonchev–Trinajstić information content (AvgIpc) is 2.18. The molecule has 0 bridgehead atoms. The predicted octanol–water partition coefficient (Wildman–Crippen LogP) is 1.54. The van der Waals surface area contributed by atoms with Crippen molar-refractivity contribution >= 4 is 5.97 Å². The Morgan fingerprint density at radius 1 is 1.43 bits per heavy atom. The van der Waals surface area contributed by atoms with Crippen molar-refractivity contribution in [1.29, 1.82) is 0 Å². The molecule has 76 valence electrons. The zero-order valence-electron chi connectivity index (χ0n) is 8.11. The lowest BCUT2D eigenvalue weighted by atomic mass is 10.1.